The van der Waals surface area contributed by atoms with Gasteiger partial charge in [-0.2, -0.15) is 5.26 Å². The van der Waals surface area contributed by atoms with Crippen molar-refractivity contribution in [1.82, 2.24) is 29.8 Å². The van der Waals surface area contributed by atoms with E-state index in [0.29, 0.717) is 34.2 Å². The van der Waals surface area contributed by atoms with Crippen LogP contribution >= 0.6 is 11.8 Å². The van der Waals surface area contributed by atoms with Gasteiger partial charge in [-0.05, 0) is 29.5 Å². The van der Waals surface area contributed by atoms with Gasteiger partial charge in [-0.15, -0.1) is 5.10 Å². The van der Waals surface area contributed by atoms with Crippen molar-refractivity contribution < 1.29 is 0 Å². The van der Waals surface area contributed by atoms with E-state index in [-0.39, 0.29) is 12.1 Å². The van der Waals surface area contributed by atoms with Gasteiger partial charge in [0.2, 0.25) is 5.16 Å². The van der Waals surface area contributed by atoms with Crippen LogP contribution in [0.4, 0.5) is 0 Å². The number of aromatic nitrogens is 6. The van der Waals surface area contributed by atoms with Gasteiger partial charge < -0.3 is 0 Å². The van der Waals surface area contributed by atoms with Gasteiger partial charge in [-0.25, -0.2) is 9.67 Å². The van der Waals surface area contributed by atoms with E-state index in [0.717, 1.165) is 0 Å². The van der Waals surface area contributed by atoms with E-state index in [1.165, 1.54) is 16.3 Å². The molecule has 3 aromatic rings. The van der Waals surface area contributed by atoms with Crippen LogP contribution in [0.1, 0.15) is 12.7 Å². The Hall–Kier alpha value is -2.73. The summed E-state index contributed by atoms with van der Waals surface area (Å²) in [7, 11) is 0. The lowest BCUT2D eigenvalue weighted by Crippen LogP contribution is -2.24. The average Bonchev–Trinajstić information content (AvgIpc) is 3.03. The fourth-order valence-electron chi connectivity index (χ4n) is 2.19. The number of nitrogens with zero attached hydrogens (tertiary/aromatic N) is 7. The average molecular weight is 327 g/mol. The first-order valence-electron chi connectivity index (χ1n) is 6.99. The minimum atomic E-state index is -0.206. The summed E-state index contributed by atoms with van der Waals surface area (Å²) in [4.78, 5) is 17.1. The van der Waals surface area contributed by atoms with Crippen molar-refractivity contribution in [2.75, 3.05) is 0 Å². The van der Waals surface area contributed by atoms with Crippen molar-refractivity contribution in [1.29, 1.82) is 5.26 Å². The standard InChI is InChI=1S/C14H13N7OS/c1-2-21-14(17-18-19-21)23-9-12-16-11-6-4-3-5-10(11)13(22)20(12)8-7-15/h3-6H,2,8-9H2,1H3. The Kier molecular flexibility index (Phi) is 4.34. The topological polar surface area (TPSA) is 102 Å². The highest BCUT2D eigenvalue weighted by molar-refractivity contribution is 7.98. The highest BCUT2D eigenvalue weighted by Gasteiger charge is 2.13. The van der Waals surface area contributed by atoms with Gasteiger partial charge in [-0.1, -0.05) is 23.9 Å². The van der Waals surface area contributed by atoms with E-state index in [1.807, 2.05) is 19.1 Å². The summed E-state index contributed by atoms with van der Waals surface area (Å²) >= 11 is 1.38. The number of aryl methyl sites for hydroxylation is 1. The number of hydrogen-bond donors (Lipinski definition) is 0. The molecule has 0 saturated carbocycles. The molecule has 2 aromatic heterocycles. The third-order valence-corrected chi connectivity index (χ3v) is 4.25. The molecule has 3 rings (SSSR count). The zero-order valence-electron chi connectivity index (χ0n) is 12.4. The number of rotatable bonds is 5. The maximum Gasteiger partial charge on any atom is 0.262 e. The molecule has 0 N–H and O–H groups in total. The van der Waals surface area contributed by atoms with Crippen LogP contribution in [0.25, 0.3) is 10.9 Å². The molecule has 0 unspecified atom stereocenters. The zero-order chi connectivity index (χ0) is 16.2. The van der Waals surface area contributed by atoms with E-state index in [9.17, 15) is 4.79 Å². The second kappa shape index (κ2) is 6.58. The molecule has 0 atom stereocenters. The molecular formula is C14H13N7OS. The van der Waals surface area contributed by atoms with Crippen molar-refractivity contribution >= 4 is 22.7 Å². The largest absolute Gasteiger partial charge is 0.281 e. The Morgan fingerprint density at radius 3 is 2.96 bits per heavy atom. The Balaban J connectivity index is 2.00. The first kappa shape index (κ1) is 15.2. The number of nitriles is 1. The first-order chi connectivity index (χ1) is 11.2. The number of benzene rings is 1. The minimum absolute atomic E-state index is 0.0364. The summed E-state index contributed by atoms with van der Waals surface area (Å²) in [5, 5.41) is 21.6. The number of fused-ring (bicyclic) bond motifs is 1. The van der Waals surface area contributed by atoms with Crippen LogP contribution in [0, 0.1) is 11.3 Å². The highest BCUT2D eigenvalue weighted by atomic mass is 32.2. The molecule has 116 valence electrons. The molecule has 0 aliphatic rings. The molecule has 0 spiro atoms. The Labute approximate surface area is 135 Å². The van der Waals surface area contributed by atoms with Crippen molar-refractivity contribution in [2.45, 2.75) is 30.9 Å². The van der Waals surface area contributed by atoms with Gasteiger partial charge in [0.05, 0.1) is 22.7 Å². The third-order valence-electron chi connectivity index (χ3n) is 3.30. The van der Waals surface area contributed by atoms with Crippen LogP contribution in [0.2, 0.25) is 0 Å². The summed E-state index contributed by atoms with van der Waals surface area (Å²) in [6.07, 6.45) is 0. The lowest BCUT2D eigenvalue weighted by Gasteiger charge is -2.10. The monoisotopic (exact) mass is 327 g/mol. The molecule has 9 heteroatoms. The molecule has 0 saturated heterocycles. The highest BCUT2D eigenvalue weighted by Crippen LogP contribution is 2.19. The smallest absolute Gasteiger partial charge is 0.262 e. The van der Waals surface area contributed by atoms with Crippen LogP contribution in [0.3, 0.4) is 0 Å². The van der Waals surface area contributed by atoms with Crippen LogP contribution < -0.4 is 5.56 Å². The third kappa shape index (κ3) is 2.93. The molecule has 0 fully saturated rings. The van der Waals surface area contributed by atoms with Crippen molar-refractivity contribution in [2.24, 2.45) is 0 Å². The van der Waals surface area contributed by atoms with Crippen LogP contribution in [0.15, 0.2) is 34.2 Å². The molecule has 0 amide bonds. The number of tetrazole rings is 1. The van der Waals surface area contributed by atoms with E-state index >= 15 is 0 Å². The molecule has 0 bridgehead atoms. The first-order valence-corrected chi connectivity index (χ1v) is 7.97. The Morgan fingerprint density at radius 2 is 2.17 bits per heavy atom. The summed E-state index contributed by atoms with van der Waals surface area (Å²) in [5.41, 5.74) is 0.417. The van der Waals surface area contributed by atoms with E-state index < -0.39 is 0 Å². The number of para-hydroxylation sites is 1. The molecule has 1 aromatic carbocycles. The Morgan fingerprint density at radius 1 is 1.35 bits per heavy atom. The summed E-state index contributed by atoms with van der Waals surface area (Å²) in [6.45, 7) is 2.57. The maximum absolute atomic E-state index is 12.5. The normalized spacial score (nSPS) is 10.8. The molecule has 23 heavy (non-hydrogen) atoms. The molecule has 0 aliphatic carbocycles. The van der Waals surface area contributed by atoms with Crippen LogP contribution in [-0.2, 0) is 18.8 Å². The van der Waals surface area contributed by atoms with Gasteiger partial charge in [0.15, 0.2) is 0 Å². The van der Waals surface area contributed by atoms with Crippen molar-refractivity contribution in [3.8, 4) is 6.07 Å². The van der Waals surface area contributed by atoms with Gasteiger partial charge in [0, 0.05) is 6.54 Å². The molecule has 2 heterocycles. The van der Waals surface area contributed by atoms with E-state index in [1.54, 1.807) is 22.9 Å². The van der Waals surface area contributed by atoms with E-state index in [4.69, 9.17) is 5.26 Å². The summed E-state index contributed by atoms with van der Waals surface area (Å²) in [5.74, 6) is 0.938. The maximum atomic E-state index is 12.5. The SMILES string of the molecule is CCn1nnnc1SCc1nc2ccccc2c(=O)n1CC#N. The number of thioether (sulfide) groups is 1. The van der Waals surface area contributed by atoms with Gasteiger partial charge >= 0.3 is 0 Å². The lowest BCUT2D eigenvalue weighted by atomic mass is 10.2. The van der Waals surface area contributed by atoms with Gasteiger partial charge in [-0.3, -0.25) is 9.36 Å². The Bertz CT molecular complexity index is 940. The zero-order valence-corrected chi connectivity index (χ0v) is 13.2. The van der Waals surface area contributed by atoms with Gasteiger partial charge in [0.1, 0.15) is 12.4 Å². The second-order valence-corrected chi connectivity index (χ2v) is 5.60. The molecular weight excluding hydrogens is 314 g/mol. The molecule has 8 nitrogen and oxygen atoms in total. The minimum Gasteiger partial charge on any atom is -0.281 e. The fraction of sp³-hybridized carbons (Fsp3) is 0.286. The van der Waals surface area contributed by atoms with Crippen molar-refractivity contribution in [3.05, 3.63) is 40.4 Å². The summed E-state index contributed by atoms with van der Waals surface area (Å²) in [6, 6.07) is 9.13. The number of hydrogen-bond acceptors (Lipinski definition) is 7. The predicted molar refractivity (Wildman–Crippen MR) is 84.7 cm³/mol. The van der Waals surface area contributed by atoms with E-state index in [2.05, 4.69) is 20.5 Å². The predicted octanol–water partition coefficient (Wildman–Crippen LogP) is 1.22. The van der Waals surface area contributed by atoms with Crippen LogP contribution in [-0.4, -0.2) is 29.8 Å². The van der Waals surface area contributed by atoms with Crippen molar-refractivity contribution in [3.63, 3.8) is 0 Å². The summed E-state index contributed by atoms with van der Waals surface area (Å²) < 4.78 is 3.06. The molecule has 0 aliphatic heterocycles. The quantitative estimate of drug-likeness (QED) is 0.649. The lowest BCUT2D eigenvalue weighted by molar-refractivity contribution is 0.581. The van der Waals surface area contributed by atoms with Gasteiger partial charge in [0.25, 0.3) is 5.56 Å². The second-order valence-electron chi connectivity index (χ2n) is 4.66. The molecule has 0 radical (unpaired) electrons. The fourth-order valence-corrected chi connectivity index (χ4v) is 3.07. The van der Waals surface area contributed by atoms with Crippen LogP contribution in [0.5, 0.6) is 0 Å².